The zero-order chi connectivity index (χ0) is 19.0. The Morgan fingerprint density at radius 1 is 1.30 bits per heavy atom. The van der Waals surface area contributed by atoms with Gasteiger partial charge in [-0.3, -0.25) is 14.6 Å². The number of amides is 1. The van der Waals surface area contributed by atoms with Crippen LogP contribution in [0.1, 0.15) is 38.7 Å². The highest BCUT2D eigenvalue weighted by molar-refractivity contribution is 5.95. The van der Waals surface area contributed by atoms with Crippen LogP contribution in [-0.2, 0) is 19.5 Å². The molecule has 3 aromatic heterocycles. The largest absolute Gasteiger partial charge is 0.344 e. The molecule has 0 aromatic carbocycles. The van der Waals surface area contributed by atoms with Crippen molar-refractivity contribution in [2.45, 2.75) is 33.4 Å². The number of nitrogens with zero attached hydrogens (tertiary/aromatic N) is 4. The van der Waals surface area contributed by atoms with Crippen LogP contribution in [-0.4, -0.2) is 36.9 Å². The molecule has 0 aliphatic carbocycles. The fourth-order valence-electron chi connectivity index (χ4n) is 3.51. The quantitative estimate of drug-likeness (QED) is 0.769. The van der Waals surface area contributed by atoms with Crippen molar-refractivity contribution in [1.82, 2.24) is 24.4 Å². The summed E-state index contributed by atoms with van der Waals surface area (Å²) in [4.78, 5) is 39.6. The van der Waals surface area contributed by atoms with E-state index in [1.54, 1.807) is 35.0 Å². The van der Waals surface area contributed by atoms with Gasteiger partial charge < -0.3 is 14.5 Å². The zero-order valence-electron chi connectivity index (χ0n) is 15.4. The summed E-state index contributed by atoms with van der Waals surface area (Å²) in [5, 5.41) is 0. The topological polar surface area (TPSA) is 83.9 Å². The lowest BCUT2D eigenvalue weighted by Gasteiger charge is -2.26. The highest BCUT2D eigenvalue weighted by Crippen LogP contribution is 2.19. The fraction of sp³-hybridized carbons (Fsp3) is 0.300. The Bertz CT molecular complexity index is 1050. The number of hydrogen-bond donors (Lipinski definition) is 1. The molecule has 7 heteroatoms. The van der Waals surface area contributed by atoms with E-state index in [0.29, 0.717) is 31.6 Å². The molecule has 1 aliphatic heterocycles. The number of imidazole rings is 1. The molecule has 0 saturated carbocycles. The van der Waals surface area contributed by atoms with Crippen LogP contribution in [0.15, 0.2) is 41.6 Å². The maximum atomic E-state index is 13.1. The number of nitrogens with one attached hydrogen (secondary N) is 1. The van der Waals surface area contributed by atoms with Crippen molar-refractivity contribution < 1.29 is 4.79 Å². The van der Waals surface area contributed by atoms with Gasteiger partial charge in [-0.15, -0.1) is 0 Å². The summed E-state index contributed by atoms with van der Waals surface area (Å²) in [5.41, 5.74) is 3.54. The first-order valence-corrected chi connectivity index (χ1v) is 8.95. The summed E-state index contributed by atoms with van der Waals surface area (Å²) < 4.78 is 1.56. The first kappa shape index (κ1) is 17.2. The number of aromatic amines is 1. The van der Waals surface area contributed by atoms with Gasteiger partial charge in [0.25, 0.3) is 11.5 Å². The van der Waals surface area contributed by atoms with E-state index in [-0.39, 0.29) is 17.0 Å². The third kappa shape index (κ3) is 3.28. The maximum absolute atomic E-state index is 13.1. The molecule has 4 rings (SSSR count). The number of aromatic nitrogens is 4. The standard InChI is InChI=1S/C20H21N5O2/c1-13-5-8-24(11-15-4-3-7-21-10-15)19(26)18(13)20(27)25-9-6-16-17(12-25)23-14(2)22-16/h3-5,7-8,10H,6,9,11-12H2,1-2H3,(H,22,23). The van der Waals surface area contributed by atoms with E-state index in [0.717, 1.165) is 22.8 Å². The van der Waals surface area contributed by atoms with Crippen molar-refractivity contribution in [3.63, 3.8) is 0 Å². The van der Waals surface area contributed by atoms with E-state index in [2.05, 4.69) is 15.0 Å². The minimum absolute atomic E-state index is 0.226. The van der Waals surface area contributed by atoms with Crippen LogP contribution < -0.4 is 5.56 Å². The van der Waals surface area contributed by atoms with Gasteiger partial charge in [-0.05, 0) is 37.1 Å². The fourth-order valence-corrected chi connectivity index (χ4v) is 3.51. The molecule has 1 N–H and O–H groups in total. The van der Waals surface area contributed by atoms with Crippen LogP contribution >= 0.6 is 0 Å². The second kappa shape index (κ2) is 6.83. The van der Waals surface area contributed by atoms with Gasteiger partial charge in [-0.2, -0.15) is 0 Å². The molecular weight excluding hydrogens is 342 g/mol. The molecule has 0 radical (unpaired) electrons. The van der Waals surface area contributed by atoms with Crippen LogP contribution in [0.25, 0.3) is 0 Å². The van der Waals surface area contributed by atoms with E-state index >= 15 is 0 Å². The van der Waals surface area contributed by atoms with Crippen LogP contribution in [0.4, 0.5) is 0 Å². The van der Waals surface area contributed by atoms with Gasteiger partial charge >= 0.3 is 0 Å². The molecule has 0 unspecified atom stereocenters. The van der Waals surface area contributed by atoms with Gasteiger partial charge in [-0.25, -0.2) is 4.98 Å². The molecular formula is C20H21N5O2. The smallest absolute Gasteiger partial charge is 0.263 e. The first-order chi connectivity index (χ1) is 13.0. The number of carbonyl (C=O) groups excluding carboxylic acids is 1. The SMILES string of the molecule is Cc1nc2c([nH]1)CN(C(=O)c1c(C)ccn(Cc3cccnc3)c1=O)CC2. The second-order valence-electron chi connectivity index (χ2n) is 6.89. The predicted octanol–water partition coefficient (Wildman–Crippen LogP) is 1.83. The molecule has 0 bridgehead atoms. The average molecular weight is 363 g/mol. The second-order valence-corrected chi connectivity index (χ2v) is 6.89. The van der Waals surface area contributed by atoms with Crippen LogP contribution in [0.5, 0.6) is 0 Å². The van der Waals surface area contributed by atoms with Crippen molar-refractivity contribution in [3.8, 4) is 0 Å². The molecule has 0 fully saturated rings. The van der Waals surface area contributed by atoms with E-state index in [1.807, 2.05) is 25.1 Å². The minimum Gasteiger partial charge on any atom is -0.344 e. The number of fused-ring (bicyclic) bond motifs is 1. The van der Waals surface area contributed by atoms with Crippen molar-refractivity contribution in [2.24, 2.45) is 0 Å². The Balaban J connectivity index is 1.64. The summed E-state index contributed by atoms with van der Waals surface area (Å²) in [6, 6.07) is 5.56. The molecule has 138 valence electrons. The highest BCUT2D eigenvalue weighted by Gasteiger charge is 2.27. The predicted molar refractivity (Wildman–Crippen MR) is 101 cm³/mol. The Kier molecular flexibility index (Phi) is 4.35. The average Bonchev–Trinajstić information content (AvgIpc) is 3.04. The van der Waals surface area contributed by atoms with Gasteiger partial charge in [0.1, 0.15) is 11.4 Å². The molecule has 1 amide bonds. The lowest BCUT2D eigenvalue weighted by molar-refractivity contribution is 0.0728. The molecule has 27 heavy (non-hydrogen) atoms. The summed E-state index contributed by atoms with van der Waals surface area (Å²) in [5.74, 6) is 0.625. The monoisotopic (exact) mass is 363 g/mol. The molecule has 4 heterocycles. The number of rotatable bonds is 3. The van der Waals surface area contributed by atoms with Gasteiger partial charge in [0, 0.05) is 31.6 Å². The number of aryl methyl sites for hydroxylation is 2. The van der Waals surface area contributed by atoms with Gasteiger partial charge in [0.15, 0.2) is 0 Å². The number of pyridine rings is 2. The lowest BCUT2D eigenvalue weighted by atomic mass is 10.1. The third-order valence-corrected chi connectivity index (χ3v) is 4.90. The molecule has 7 nitrogen and oxygen atoms in total. The van der Waals surface area contributed by atoms with E-state index in [4.69, 9.17) is 0 Å². The van der Waals surface area contributed by atoms with Crippen LogP contribution in [0.2, 0.25) is 0 Å². The first-order valence-electron chi connectivity index (χ1n) is 8.95. The van der Waals surface area contributed by atoms with Crippen molar-refractivity contribution in [3.05, 3.63) is 81.0 Å². The Morgan fingerprint density at radius 2 is 2.15 bits per heavy atom. The summed E-state index contributed by atoms with van der Waals surface area (Å²) in [7, 11) is 0. The van der Waals surface area contributed by atoms with Crippen LogP contribution in [0.3, 0.4) is 0 Å². The number of carbonyl (C=O) groups is 1. The molecule has 3 aromatic rings. The Labute approximate surface area is 156 Å². The molecule has 0 atom stereocenters. The molecule has 0 saturated heterocycles. The van der Waals surface area contributed by atoms with Gasteiger partial charge in [0.05, 0.1) is 24.5 Å². The minimum atomic E-state index is -0.268. The van der Waals surface area contributed by atoms with E-state index in [1.165, 1.54) is 0 Å². The molecule has 0 spiro atoms. The summed E-state index contributed by atoms with van der Waals surface area (Å²) in [6.07, 6.45) is 5.84. The number of hydrogen-bond acceptors (Lipinski definition) is 4. The number of H-pyrrole nitrogens is 1. The summed E-state index contributed by atoms with van der Waals surface area (Å²) in [6.45, 7) is 5.11. The van der Waals surface area contributed by atoms with Crippen LogP contribution in [0, 0.1) is 13.8 Å². The van der Waals surface area contributed by atoms with Crippen molar-refractivity contribution in [1.29, 1.82) is 0 Å². The Morgan fingerprint density at radius 3 is 2.93 bits per heavy atom. The van der Waals surface area contributed by atoms with E-state index in [9.17, 15) is 9.59 Å². The van der Waals surface area contributed by atoms with Crippen molar-refractivity contribution in [2.75, 3.05) is 6.54 Å². The maximum Gasteiger partial charge on any atom is 0.263 e. The highest BCUT2D eigenvalue weighted by atomic mass is 16.2. The summed E-state index contributed by atoms with van der Waals surface area (Å²) >= 11 is 0. The molecule has 1 aliphatic rings. The third-order valence-electron chi connectivity index (χ3n) is 4.90. The lowest BCUT2D eigenvalue weighted by Crippen LogP contribution is -2.40. The van der Waals surface area contributed by atoms with E-state index < -0.39 is 0 Å². The van der Waals surface area contributed by atoms with Gasteiger partial charge in [0.2, 0.25) is 0 Å². The Hall–Kier alpha value is -3.22. The van der Waals surface area contributed by atoms with Gasteiger partial charge in [-0.1, -0.05) is 6.07 Å². The zero-order valence-corrected chi connectivity index (χ0v) is 15.4. The normalized spacial score (nSPS) is 13.5. The van der Waals surface area contributed by atoms with Crippen molar-refractivity contribution >= 4 is 5.91 Å².